The third kappa shape index (κ3) is 3.46. The molecule has 1 heterocycles. The van der Waals surface area contributed by atoms with Gasteiger partial charge in [-0.05, 0) is 39.3 Å². The maximum Gasteiger partial charge on any atom is 0.506 e. The molecule has 1 aromatic rings. The van der Waals surface area contributed by atoms with Gasteiger partial charge in [0.2, 0.25) is 0 Å². The zero-order valence-corrected chi connectivity index (χ0v) is 19.0. The molecule has 0 aliphatic heterocycles. The van der Waals surface area contributed by atoms with Crippen molar-refractivity contribution in [2.75, 3.05) is 0 Å². The second-order valence-corrected chi connectivity index (χ2v) is 24.6. The van der Waals surface area contributed by atoms with Crippen LogP contribution in [0.25, 0.3) is 0 Å². The molecule has 1 N–H and O–H groups in total. The summed E-state index contributed by atoms with van der Waals surface area (Å²) in [6.07, 6.45) is -3.42. The maximum atomic E-state index is 13.6. The number of hydrogen-bond acceptors (Lipinski definition) is 2. The molecule has 1 amide bonds. The van der Waals surface area contributed by atoms with E-state index in [1.54, 1.807) is 0 Å². The van der Waals surface area contributed by atoms with Crippen molar-refractivity contribution in [3.8, 4) is 0 Å². The quantitative estimate of drug-likeness (QED) is 0.781. The Morgan fingerprint density at radius 1 is 1.00 bits per heavy atom. The first-order valence-corrected chi connectivity index (χ1v) is 18.3. The van der Waals surface area contributed by atoms with Crippen molar-refractivity contribution in [3.63, 3.8) is 0 Å². The number of carbonyl (C=O) groups is 1. The number of amides is 1. The number of nitrogens with zero attached hydrogens (tertiary/aromatic N) is 2. The number of H-pyrrole nitrogens is 1. The minimum absolute atomic E-state index is 0.313. The number of quaternary nitrogens is 1. The van der Waals surface area contributed by atoms with Gasteiger partial charge in [-0.25, -0.2) is 9.78 Å². The lowest BCUT2D eigenvalue weighted by molar-refractivity contribution is -0.177. The first-order valence-electron chi connectivity index (χ1n) is 7.94. The van der Waals surface area contributed by atoms with Gasteiger partial charge in [0.05, 0.1) is 5.45 Å². The van der Waals surface area contributed by atoms with Gasteiger partial charge in [0.1, 0.15) is 14.3 Å². The van der Waals surface area contributed by atoms with Gasteiger partial charge in [-0.3, -0.25) is 0 Å². The van der Waals surface area contributed by atoms with E-state index in [2.05, 4.69) is 29.6 Å². The van der Waals surface area contributed by atoms with Crippen LogP contribution in [0.1, 0.15) is 0 Å². The van der Waals surface area contributed by atoms with Crippen molar-refractivity contribution in [1.82, 2.24) is 13.8 Å². The SMILES string of the molecule is C[Si](C)(C)c1ncc([N+](C(=O)C(F)(F)F)([Si](C)(C)C)[Si](C)(C)C)[nH]1. The fraction of sp³-hybridized carbons (Fsp3) is 0.714. The van der Waals surface area contributed by atoms with Crippen LogP contribution in [-0.2, 0) is 4.79 Å². The van der Waals surface area contributed by atoms with Crippen LogP contribution in [0.3, 0.4) is 0 Å². The Labute approximate surface area is 145 Å². The molecule has 0 spiro atoms. The van der Waals surface area contributed by atoms with Gasteiger partial charge >= 0.3 is 12.1 Å². The summed E-state index contributed by atoms with van der Waals surface area (Å²) in [6, 6.07) is 0. The number of alkyl halides is 3. The standard InChI is InChI=1S/C14H29F3N3OSi3/c1-22(2,3)13-18-10-11(19-13)20(23(4,5)6,24(7,8)9)12(21)14(15,16)17/h10H,1-9H3,(H,18,19)/q+1. The van der Waals surface area contributed by atoms with Crippen LogP contribution in [0.5, 0.6) is 0 Å². The Morgan fingerprint density at radius 3 is 1.67 bits per heavy atom. The van der Waals surface area contributed by atoms with Crippen molar-refractivity contribution in [2.45, 2.75) is 65.1 Å². The molecule has 4 nitrogen and oxygen atoms in total. The Kier molecular flexibility index (Phi) is 5.26. The molecule has 0 aliphatic rings. The van der Waals surface area contributed by atoms with Crippen molar-refractivity contribution in [2.24, 2.45) is 0 Å². The molecule has 0 saturated heterocycles. The van der Waals surface area contributed by atoms with Gasteiger partial charge in [0, 0.05) is 0 Å². The number of carbonyl (C=O) groups excluding carboxylic acids is 1. The molecule has 0 aliphatic carbocycles. The highest BCUT2D eigenvalue weighted by Crippen LogP contribution is 2.40. The van der Waals surface area contributed by atoms with Gasteiger partial charge in [-0.1, -0.05) is 19.6 Å². The monoisotopic (exact) mass is 396 g/mol. The minimum atomic E-state index is -4.88. The Morgan fingerprint density at radius 2 is 1.42 bits per heavy atom. The fourth-order valence-electron chi connectivity index (χ4n) is 3.50. The van der Waals surface area contributed by atoms with E-state index in [0.717, 1.165) is 5.45 Å². The molecule has 1 aromatic heterocycles. The molecule has 0 saturated carbocycles. The number of aromatic nitrogens is 2. The van der Waals surface area contributed by atoms with Gasteiger partial charge < -0.3 is 8.80 Å². The van der Waals surface area contributed by atoms with E-state index in [0.29, 0.717) is 5.82 Å². The predicted molar refractivity (Wildman–Crippen MR) is 101 cm³/mol. The molecular weight excluding hydrogens is 367 g/mol. The summed E-state index contributed by atoms with van der Waals surface area (Å²) in [7, 11) is -7.14. The molecule has 0 aromatic carbocycles. The Balaban J connectivity index is 3.85. The summed E-state index contributed by atoms with van der Waals surface area (Å²) in [4.78, 5) is 20.2. The number of imidazole rings is 1. The lowest BCUT2D eigenvalue weighted by Gasteiger charge is -2.52. The Hall–Kier alpha value is -0.719. The van der Waals surface area contributed by atoms with Gasteiger partial charge in [0.25, 0.3) is 16.5 Å². The van der Waals surface area contributed by atoms with Gasteiger partial charge in [0.15, 0.2) is 5.82 Å². The molecule has 0 unspecified atom stereocenters. The number of hydrogen-bond donors (Lipinski definition) is 1. The number of rotatable bonds is 4. The topological polar surface area (TPSA) is 45.8 Å². The highest BCUT2D eigenvalue weighted by molar-refractivity contribution is 6.98. The third-order valence-electron chi connectivity index (χ3n) is 4.19. The average Bonchev–Trinajstić information content (AvgIpc) is 2.73. The van der Waals surface area contributed by atoms with Crippen LogP contribution in [0.4, 0.5) is 19.0 Å². The summed E-state index contributed by atoms with van der Waals surface area (Å²) in [5.74, 6) is -1.35. The fourth-order valence-corrected chi connectivity index (χ4v) is 15.7. The van der Waals surface area contributed by atoms with Crippen LogP contribution in [0.2, 0.25) is 58.9 Å². The zero-order chi connectivity index (χ0) is 19.4. The summed E-state index contributed by atoms with van der Waals surface area (Å²) in [6.45, 7) is 17.1. The van der Waals surface area contributed by atoms with E-state index in [1.165, 1.54) is 6.20 Å². The number of nitrogens with one attached hydrogen (secondary N) is 1. The van der Waals surface area contributed by atoms with Crippen LogP contribution >= 0.6 is 0 Å². The van der Waals surface area contributed by atoms with Gasteiger partial charge in [-0.2, -0.15) is 13.2 Å². The van der Waals surface area contributed by atoms with Crippen molar-refractivity contribution in [3.05, 3.63) is 6.20 Å². The highest BCUT2D eigenvalue weighted by Gasteiger charge is 2.67. The van der Waals surface area contributed by atoms with Crippen molar-refractivity contribution >= 4 is 41.7 Å². The first kappa shape index (κ1) is 21.3. The summed E-state index contributed by atoms with van der Waals surface area (Å²) in [5.41, 5.74) is 0.728. The van der Waals surface area contributed by atoms with Gasteiger partial charge in [-0.15, -0.1) is 0 Å². The molecule has 0 bridgehead atoms. The lowest BCUT2D eigenvalue weighted by atomic mass is 10.5. The van der Waals surface area contributed by atoms with E-state index in [4.69, 9.17) is 0 Å². The van der Waals surface area contributed by atoms with E-state index in [-0.39, 0.29) is 0 Å². The molecule has 0 fully saturated rings. The molecule has 0 atom stereocenters. The predicted octanol–water partition coefficient (Wildman–Crippen LogP) is 4.02. The minimum Gasteiger partial charge on any atom is -0.323 e. The largest absolute Gasteiger partial charge is 0.506 e. The molecule has 24 heavy (non-hydrogen) atoms. The third-order valence-corrected chi connectivity index (χ3v) is 14.8. The van der Waals surface area contributed by atoms with Crippen molar-refractivity contribution < 1.29 is 18.0 Å². The summed E-state index contributed by atoms with van der Waals surface area (Å²) in [5, 5.41) is 0. The van der Waals surface area contributed by atoms with Crippen LogP contribution < -0.4 is 9.26 Å². The normalized spacial score (nSPS) is 14.8. The van der Waals surface area contributed by atoms with Crippen LogP contribution in [-0.4, -0.2) is 46.6 Å². The highest BCUT2D eigenvalue weighted by atomic mass is 28.4. The van der Waals surface area contributed by atoms with Crippen molar-refractivity contribution in [1.29, 1.82) is 0 Å². The smallest absolute Gasteiger partial charge is 0.323 e. The summed E-state index contributed by atoms with van der Waals surface area (Å²) >= 11 is 0. The van der Waals surface area contributed by atoms with Crippen LogP contribution in [0, 0.1) is 0 Å². The van der Waals surface area contributed by atoms with E-state index < -0.39 is 40.4 Å². The number of halogens is 3. The average molecular weight is 397 g/mol. The Bertz CT molecular complexity index is 608. The number of aromatic amines is 1. The molecule has 138 valence electrons. The summed E-state index contributed by atoms with van der Waals surface area (Å²) < 4.78 is 40.2. The second kappa shape index (κ2) is 5.92. The molecule has 1 rings (SSSR count). The maximum absolute atomic E-state index is 13.6. The lowest BCUT2D eigenvalue weighted by Crippen LogP contribution is -2.81. The van der Waals surface area contributed by atoms with E-state index >= 15 is 0 Å². The van der Waals surface area contributed by atoms with E-state index in [9.17, 15) is 18.0 Å². The molecule has 10 heteroatoms. The van der Waals surface area contributed by atoms with Crippen LogP contribution in [0.15, 0.2) is 6.20 Å². The molecular formula is C14H29F3N3OSi3+. The zero-order valence-electron chi connectivity index (χ0n) is 16.0. The molecule has 0 radical (unpaired) electrons. The van der Waals surface area contributed by atoms with E-state index in [1.807, 2.05) is 39.3 Å². The first-order chi connectivity index (χ1) is 10.4. The second-order valence-electron chi connectivity index (χ2n) is 9.18.